The van der Waals surface area contributed by atoms with E-state index in [-0.39, 0.29) is 12.8 Å². The molecule has 4 unspecified atom stereocenters. The number of benzene rings is 3. The van der Waals surface area contributed by atoms with E-state index in [0.717, 1.165) is 29.5 Å². The molecule has 9 nitrogen and oxygen atoms in total. The Labute approximate surface area is 317 Å². The van der Waals surface area contributed by atoms with E-state index in [1.54, 1.807) is 46.4 Å². The molecular weight excluding hydrogens is 666 g/mol. The minimum atomic E-state index is -1.14. The zero-order valence-corrected chi connectivity index (χ0v) is 33.4. The summed E-state index contributed by atoms with van der Waals surface area (Å²) in [5, 5.41) is 5.86. The minimum absolute atomic E-state index is 0.171. The number of aryl methyl sites for hydroxylation is 1. The lowest BCUT2D eigenvalue weighted by molar-refractivity contribution is -0.159. The number of esters is 1. The van der Waals surface area contributed by atoms with E-state index >= 15 is 4.79 Å². The highest BCUT2D eigenvalue weighted by molar-refractivity contribution is 5.94. The van der Waals surface area contributed by atoms with Crippen LogP contribution in [0.4, 0.5) is 4.79 Å². The molecule has 9 heteroatoms. The van der Waals surface area contributed by atoms with Crippen molar-refractivity contribution < 1.29 is 28.7 Å². The average Bonchev–Trinajstić information content (AvgIpc) is 3.08. The first kappa shape index (κ1) is 42.8. The monoisotopic (exact) mass is 727 g/mol. The number of hydrogen-bond acceptors (Lipinski definition) is 6. The second kappa shape index (κ2) is 19.4. The predicted octanol–water partition coefficient (Wildman–Crippen LogP) is 8.15. The van der Waals surface area contributed by atoms with Gasteiger partial charge in [-0.2, -0.15) is 0 Å². The fraction of sp³-hybridized carbons (Fsp3) is 0.500. The second-order valence-electron chi connectivity index (χ2n) is 16.2. The largest absolute Gasteiger partial charge is 0.458 e. The zero-order chi connectivity index (χ0) is 39.3. The molecule has 3 aromatic carbocycles. The lowest BCUT2D eigenvalue weighted by atomic mass is 9.95. The first-order valence-corrected chi connectivity index (χ1v) is 18.9. The zero-order valence-electron chi connectivity index (χ0n) is 33.4. The quantitative estimate of drug-likeness (QED) is 0.144. The Morgan fingerprint density at radius 1 is 0.642 bits per heavy atom. The van der Waals surface area contributed by atoms with Gasteiger partial charge in [0, 0.05) is 18.9 Å². The van der Waals surface area contributed by atoms with Crippen molar-refractivity contribution in [3.8, 4) is 0 Å². The van der Waals surface area contributed by atoms with Crippen molar-refractivity contribution in [2.75, 3.05) is 0 Å². The Kier molecular flexibility index (Phi) is 15.7. The van der Waals surface area contributed by atoms with Gasteiger partial charge in [0.15, 0.2) is 0 Å². The van der Waals surface area contributed by atoms with Gasteiger partial charge in [0.2, 0.25) is 11.8 Å². The SMILES string of the molecule is CCc1ccc(C(C(=O)NC(Cc2ccccc2)C(=O)OC(C)(C)C)N(C(=O)C(Cc2ccccc2)NC(=O)OC(C)(C)C)C(C)CCC(C)C)cc1. The van der Waals surface area contributed by atoms with Gasteiger partial charge < -0.3 is 25.0 Å². The topological polar surface area (TPSA) is 114 Å². The van der Waals surface area contributed by atoms with Crippen LogP contribution in [-0.2, 0) is 43.1 Å². The van der Waals surface area contributed by atoms with Crippen LogP contribution in [0.1, 0.15) is 110 Å². The Morgan fingerprint density at radius 3 is 1.62 bits per heavy atom. The third kappa shape index (κ3) is 14.4. The molecule has 3 aromatic rings. The molecule has 0 aliphatic heterocycles. The van der Waals surface area contributed by atoms with Gasteiger partial charge in [-0.15, -0.1) is 0 Å². The van der Waals surface area contributed by atoms with Crippen LogP contribution in [0, 0.1) is 5.92 Å². The van der Waals surface area contributed by atoms with Gasteiger partial charge in [0.1, 0.15) is 29.3 Å². The maximum atomic E-state index is 15.2. The number of nitrogens with one attached hydrogen (secondary N) is 2. The predicted molar refractivity (Wildman–Crippen MR) is 210 cm³/mol. The van der Waals surface area contributed by atoms with Crippen LogP contribution in [0.3, 0.4) is 0 Å². The molecule has 0 saturated carbocycles. The van der Waals surface area contributed by atoms with Gasteiger partial charge in [-0.25, -0.2) is 9.59 Å². The molecule has 2 N–H and O–H groups in total. The minimum Gasteiger partial charge on any atom is -0.458 e. The smallest absolute Gasteiger partial charge is 0.408 e. The second-order valence-corrected chi connectivity index (χ2v) is 16.2. The Hall–Kier alpha value is -4.66. The summed E-state index contributed by atoms with van der Waals surface area (Å²) < 4.78 is 11.4. The lowest BCUT2D eigenvalue weighted by Crippen LogP contribution is -2.57. The third-order valence-corrected chi connectivity index (χ3v) is 8.68. The van der Waals surface area contributed by atoms with Crippen LogP contribution >= 0.6 is 0 Å². The first-order valence-electron chi connectivity index (χ1n) is 18.9. The lowest BCUT2D eigenvalue weighted by Gasteiger charge is -2.39. The molecule has 0 fully saturated rings. The summed E-state index contributed by atoms with van der Waals surface area (Å²) in [6.45, 7) is 18.8. The molecule has 0 spiro atoms. The summed E-state index contributed by atoms with van der Waals surface area (Å²) in [7, 11) is 0. The van der Waals surface area contributed by atoms with Gasteiger partial charge in [0.05, 0.1) is 0 Å². The standard InChI is InChI=1S/C44H61N3O6/c1-11-32-24-26-35(27-25-32)38(39(48)45-37(41(50)52-43(5,6)7)29-34-20-16-13-17-21-34)47(31(4)23-22-30(2)3)40(49)36(28-33-18-14-12-15-19-33)46-42(51)53-44(8,9)10/h12-21,24-27,30-31,36-38H,11,22-23,28-29H2,1-10H3,(H,45,48)(H,46,51). The molecular formula is C44H61N3O6. The molecule has 53 heavy (non-hydrogen) atoms. The van der Waals surface area contributed by atoms with Gasteiger partial charge in [-0.1, -0.05) is 106 Å². The van der Waals surface area contributed by atoms with E-state index in [9.17, 15) is 14.4 Å². The maximum Gasteiger partial charge on any atom is 0.408 e. The summed E-state index contributed by atoms with van der Waals surface area (Å²) in [6, 6.07) is 22.8. The van der Waals surface area contributed by atoms with Crippen molar-refractivity contribution in [1.29, 1.82) is 0 Å². The highest BCUT2D eigenvalue weighted by Crippen LogP contribution is 2.29. The van der Waals surface area contributed by atoms with Crippen molar-refractivity contribution in [2.45, 2.75) is 137 Å². The van der Waals surface area contributed by atoms with Crippen molar-refractivity contribution in [2.24, 2.45) is 5.92 Å². The molecule has 0 bridgehead atoms. The molecule has 3 rings (SSSR count). The fourth-order valence-corrected chi connectivity index (χ4v) is 6.03. The third-order valence-electron chi connectivity index (χ3n) is 8.68. The number of amides is 3. The van der Waals surface area contributed by atoms with Crippen LogP contribution in [0.15, 0.2) is 84.9 Å². The van der Waals surface area contributed by atoms with Crippen LogP contribution < -0.4 is 10.6 Å². The van der Waals surface area contributed by atoms with Gasteiger partial charge in [-0.3, -0.25) is 9.59 Å². The van der Waals surface area contributed by atoms with E-state index in [1.807, 2.05) is 91.9 Å². The molecule has 0 aromatic heterocycles. The van der Waals surface area contributed by atoms with Gasteiger partial charge in [0.25, 0.3) is 0 Å². The van der Waals surface area contributed by atoms with E-state index in [2.05, 4.69) is 31.4 Å². The number of ether oxygens (including phenoxy) is 2. The summed E-state index contributed by atoms with van der Waals surface area (Å²) in [6.07, 6.45) is 1.82. The molecule has 0 radical (unpaired) electrons. The maximum absolute atomic E-state index is 15.2. The summed E-state index contributed by atoms with van der Waals surface area (Å²) in [5.41, 5.74) is 1.74. The van der Waals surface area contributed by atoms with E-state index in [1.165, 1.54) is 0 Å². The van der Waals surface area contributed by atoms with E-state index < -0.39 is 59.2 Å². The number of carbonyl (C=O) groups is 4. The Morgan fingerprint density at radius 2 is 1.15 bits per heavy atom. The highest BCUT2D eigenvalue weighted by atomic mass is 16.6. The normalized spacial score (nSPS) is 14.0. The Balaban J connectivity index is 2.19. The number of rotatable bonds is 16. The molecule has 288 valence electrons. The molecule has 3 amide bonds. The van der Waals surface area contributed by atoms with Crippen molar-refractivity contribution in [3.63, 3.8) is 0 Å². The molecule has 0 aliphatic rings. The van der Waals surface area contributed by atoms with Gasteiger partial charge >= 0.3 is 12.1 Å². The molecule has 0 saturated heterocycles. The van der Waals surface area contributed by atoms with Crippen LogP contribution in [-0.4, -0.2) is 58.1 Å². The molecule has 4 atom stereocenters. The average molecular weight is 728 g/mol. The Bertz CT molecular complexity index is 1610. The highest BCUT2D eigenvalue weighted by Gasteiger charge is 2.40. The molecule has 0 heterocycles. The first-order chi connectivity index (χ1) is 24.9. The van der Waals surface area contributed by atoms with Crippen molar-refractivity contribution in [1.82, 2.24) is 15.5 Å². The van der Waals surface area contributed by atoms with E-state index in [0.29, 0.717) is 17.9 Å². The van der Waals surface area contributed by atoms with E-state index in [4.69, 9.17) is 9.47 Å². The van der Waals surface area contributed by atoms with Crippen LogP contribution in [0.25, 0.3) is 0 Å². The molecule has 0 aliphatic carbocycles. The summed E-state index contributed by atoms with van der Waals surface area (Å²) in [5.74, 6) is -1.20. The summed E-state index contributed by atoms with van der Waals surface area (Å²) in [4.78, 5) is 58.7. The van der Waals surface area contributed by atoms with Crippen LogP contribution in [0.5, 0.6) is 0 Å². The summed E-state index contributed by atoms with van der Waals surface area (Å²) >= 11 is 0. The van der Waals surface area contributed by atoms with Crippen molar-refractivity contribution in [3.05, 3.63) is 107 Å². The number of hydrogen-bond donors (Lipinski definition) is 2. The number of carbonyl (C=O) groups excluding carboxylic acids is 4. The number of nitrogens with zero attached hydrogens (tertiary/aromatic N) is 1. The fourth-order valence-electron chi connectivity index (χ4n) is 6.03. The van der Waals surface area contributed by atoms with Gasteiger partial charge in [-0.05, 0) is 95.9 Å². The van der Waals surface area contributed by atoms with Crippen molar-refractivity contribution >= 4 is 23.9 Å². The number of alkyl carbamates (subject to hydrolysis) is 1. The van der Waals surface area contributed by atoms with Crippen LogP contribution in [0.2, 0.25) is 0 Å².